The maximum atomic E-state index is 11.2. The lowest BCUT2D eigenvalue weighted by Gasteiger charge is -2.12. The van der Waals surface area contributed by atoms with Crippen LogP contribution >= 0.6 is 22.9 Å². The molecule has 1 atom stereocenters. The number of hydrogen-bond donors (Lipinski definition) is 2. The van der Waals surface area contributed by atoms with E-state index in [4.69, 9.17) is 16.7 Å². The number of benzene rings is 1. The summed E-state index contributed by atoms with van der Waals surface area (Å²) in [5, 5.41) is 10.5. The summed E-state index contributed by atoms with van der Waals surface area (Å²) in [6.45, 7) is 2.88. The van der Waals surface area contributed by atoms with Crippen molar-refractivity contribution in [1.29, 1.82) is 0 Å². The van der Waals surface area contributed by atoms with Gasteiger partial charge in [-0.05, 0) is 54.6 Å². The smallest absolute Gasteiger partial charge is 0.238 e. The molecule has 0 aliphatic heterocycles. The van der Waals surface area contributed by atoms with Crippen molar-refractivity contribution in [3.8, 4) is 0 Å². The lowest BCUT2D eigenvalue weighted by Crippen LogP contribution is -2.21. The number of hydrogen-bond acceptors (Lipinski definition) is 4. The molecule has 0 aliphatic rings. The van der Waals surface area contributed by atoms with Crippen LogP contribution in [0.4, 0.5) is 0 Å². The number of rotatable bonds is 6. The van der Waals surface area contributed by atoms with Gasteiger partial charge in [-0.25, -0.2) is 13.6 Å². The van der Waals surface area contributed by atoms with Crippen LogP contribution in [0.2, 0.25) is 4.34 Å². The van der Waals surface area contributed by atoms with E-state index in [1.54, 1.807) is 12.1 Å². The van der Waals surface area contributed by atoms with E-state index in [-0.39, 0.29) is 10.9 Å². The van der Waals surface area contributed by atoms with Gasteiger partial charge in [0, 0.05) is 6.04 Å². The second-order valence-electron chi connectivity index (χ2n) is 4.80. The predicted molar refractivity (Wildman–Crippen MR) is 87.3 cm³/mol. The first kappa shape index (κ1) is 16.5. The Hall–Kier alpha value is -0.920. The number of thiophene rings is 1. The van der Waals surface area contributed by atoms with Gasteiger partial charge in [-0.1, -0.05) is 23.7 Å². The predicted octanol–water partition coefficient (Wildman–Crippen LogP) is 2.94. The normalized spacial score (nSPS) is 13.3. The van der Waals surface area contributed by atoms with E-state index >= 15 is 0 Å². The van der Waals surface area contributed by atoms with E-state index in [2.05, 4.69) is 12.2 Å². The minimum Gasteiger partial charge on any atom is -0.310 e. The van der Waals surface area contributed by atoms with Crippen LogP contribution in [0.15, 0.2) is 40.6 Å². The Balaban J connectivity index is 1.86. The molecule has 0 aliphatic carbocycles. The first-order chi connectivity index (χ1) is 9.86. The highest BCUT2D eigenvalue weighted by atomic mass is 35.5. The summed E-state index contributed by atoms with van der Waals surface area (Å²) >= 11 is 7.44. The first-order valence-electron chi connectivity index (χ1n) is 6.45. The van der Waals surface area contributed by atoms with E-state index in [1.165, 1.54) is 29.0 Å². The van der Waals surface area contributed by atoms with E-state index in [0.717, 1.165) is 22.9 Å². The van der Waals surface area contributed by atoms with Crippen LogP contribution in [-0.4, -0.2) is 15.0 Å². The van der Waals surface area contributed by atoms with Crippen molar-refractivity contribution < 1.29 is 8.42 Å². The summed E-state index contributed by atoms with van der Waals surface area (Å²) in [6.07, 6.45) is 0.813. The zero-order valence-corrected chi connectivity index (χ0v) is 13.9. The molecule has 4 nitrogen and oxygen atoms in total. The first-order valence-corrected chi connectivity index (χ1v) is 9.26. The molecule has 1 heterocycles. The lowest BCUT2D eigenvalue weighted by atomic mass is 10.1. The molecule has 0 saturated carbocycles. The minimum atomic E-state index is -3.61. The standard InChI is InChI=1S/C14H17ClN2O2S2/c1-10(12-8-14(15)20-9-12)17-7-6-11-2-4-13(5-3-11)21(16,18)19/h2-5,8-10,17H,6-7H2,1H3,(H2,16,18,19). The molecule has 0 amide bonds. The molecule has 1 unspecified atom stereocenters. The lowest BCUT2D eigenvalue weighted by molar-refractivity contribution is 0.578. The molecule has 21 heavy (non-hydrogen) atoms. The minimum absolute atomic E-state index is 0.139. The monoisotopic (exact) mass is 344 g/mol. The highest BCUT2D eigenvalue weighted by molar-refractivity contribution is 7.89. The van der Waals surface area contributed by atoms with Crippen LogP contribution in [0.3, 0.4) is 0 Å². The third kappa shape index (κ3) is 4.79. The summed E-state index contributed by atoms with van der Waals surface area (Å²) in [4.78, 5) is 0.139. The molecule has 114 valence electrons. The van der Waals surface area contributed by atoms with Crippen molar-refractivity contribution in [2.45, 2.75) is 24.3 Å². The fourth-order valence-corrected chi connectivity index (χ4v) is 3.45. The van der Waals surface area contributed by atoms with E-state index < -0.39 is 10.0 Å². The SMILES string of the molecule is CC(NCCc1ccc(S(N)(=O)=O)cc1)c1csc(Cl)c1. The van der Waals surface area contributed by atoms with Gasteiger partial charge >= 0.3 is 0 Å². The summed E-state index contributed by atoms with van der Waals surface area (Å²) in [5.41, 5.74) is 2.24. The molecule has 0 spiro atoms. The van der Waals surface area contributed by atoms with Crippen LogP contribution in [0.1, 0.15) is 24.1 Å². The fraction of sp³-hybridized carbons (Fsp3) is 0.286. The molecule has 2 rings (SSSR count). The Labute approximate surface area is 134 Å². The number of sulfonamides is 1. The summed E-state index contributed by atoms with van der Waals surface area (Å²) < 4.78 is 23.1. The van der Waals surface area contributed by atoms with Gasteiger partial charge in [-0.3, -0.25) is 0 Å². The Morgan fingerprint density at radius 1 is 1.33 bits per heavy atom. The van der Waals surface area contributed by atoms with E-state index in [1.807, 2.05) is 11.4 Å². The molecule has 0 bridgehead atoms. The number of nitrogens with one attached hydrogen (secondary N) is 1. The molecule has 7 heteroatoms. The van der Waals surface area contributed by atoms with E-state index in [0.29, 0.717) is 0 Å². The molecule has 3 N–H and O–H groups in total. The van der Waals surface area contributed by atoms with Gasteiger partial charge in [0.25, 0.3) is 0 Å². The van der Waals surface area contributed by atoms with Crippen LogP contribution < -0.4 is 10.5 Å². The number of nitrogens with two attached hydrogens (primary N) is 1. The van der Waals surface area contributed by atoms with Crippen molar-refractivity contribution in [3.63, 3.8) is 0 Å². The molecule has 0 saturated heterocycles. The average Bonchev–Trinajstić information content (AvgIpc) is 2.85. The van der Waals surface area contributed by atoms with Gasteiger partial charge < -0.3 is 5.32 Å². The van der Waals surface area contributed by atoms with Gasteiger partial charge in [0.05, 0.1) is 9.23 Å². The fourth-order valence-electron chi connectivity index (χ4n) is 1.95. The van der Waals surface area contributed by atoms with Crippen molar-refractivity contribution in [1.82, 2.24) is 5.32 Å². The number of halogens is 1. The average molecular weight is 345 g/mol. The van der Waals surface area contributed by atoms with Gasteiger partial charge in [0.2, 0.25) is 10.0 Å². The Bertz CT molecular complexity index is 696. The molecule has 1 aromatic carbocycles. The van der Waals surface area contributed by atoms with Gasteiger partial charge in [0.1, 0.15) is 0 Å². The van der Waals surface area contributed by atoms with Crippen molar-refractivity contribution in [3.05, 3.63) is 51.2 Å². The van der Waals surface area contributed by atoms with Crippen LogP contribution in [0.5, 0.6) is 0 Å². The Morgan fingerprint density at radius 3 is 2.52 bits per heavy atom. The topological polar surface area (TPSA) is 72.2 Å². The maximum absolute atomic E-state index is 11.2. The molecule has 0 fully saturated rings. The highest BCUT2D eigenvalue weighted by Gasteiger charge is 2.08. The Kier molecular flexibility index (Phi) is 5.40. The van der Waals surface area contributed by atoms with Crippen molar-refractivity contribution >= 4 is 33.0 Å². The molecular formula is C14H17ClN2O2S2. The highest BCUT2D eigenvalue weighted by Crippen LogP contribution is 2.24. The second-order valence-corrected chi connectivity index (χ2v) is 7.90. The van der Waals surface area contributed by atoms with E-state index in [9.17, 15) is 8.42 Å². The molecule has 2 aromatic rings. The van der Waals surface area contributed by atoms with Crippen LogP contribution in [0.25, 0.3) is 0 Å². The molecule has 1 aromatic heterocycles. The number of primary sulfonamides is 1. The van der Waals surface area contributed by atoms with Gasteiger partial charge in [0.15, 0.2) is 0 Å². The quantitative estimate of drug-likeness (QED) is 0.846. The third-order valence-electron chi connectivity index (χ3n) is 3.20. The third-order valence-corrected chi connectivity index (χ3v) is 5.24. The second kappa shape index (κ2) is 6.89. The van der Waals surface area contributed by atoms with Gasteiger partial charge in [-0.2, -0.15) is 0 Å². The maximum Gasteiger partial charge on any atom is 0.238 e. The largest absolute Gasteiger partial charge is 0.310 e. The summed E-state index contributed by atoms with van der Waals surface area (Å²) in [5.74, 6) is 0. The van der Waals surface area contributed by atoms with Crippen LogP contribution in [-0.2, 0) is 16.4 Å². The van der Waals surface area contributed by atoms with Crippen LogP contribution in [0, 0.1) is 0 Å². The summed E-state index contributed by atoms with van der Waals surface area (Å²) in [7, 11) is -3.61. The summed E-state index contributed by atoms with van der Waals surface area (Å²) in [6, 6.07) is 8.84. The van der Waals surface area contributed by atoms with Gasteiger partial charge in [-0.15, -0.1) is 11.3 Å². The molecular weight excluding hydrogens is 328 g/mol. The zero-order chi connectivity index (χ0) is 15.5. The van der Waals surface area contributed by atoms with Crippen molar-refractivity contribution in [2.75, 3.05) is 6.54 Å². The molecule has 0 radical (unpaired) electrons. The van der Waals surface area contributed by atoms with Crippen molar-refractivity contribution in [2.24, 2.45) is 5.14 Å². The zero-order valence-electron chi connectivity index (χ0n) is 11.5. The Morgan fingerprint density at radius 2 is 2.00 bits per heavy atom.